The van der Waals surface area contributed by atoms with Gasteiger partial charge in [0.25, 0.3) is 0 Å². The van der Waals surface area contributed by atoms with Crippen LogP contribution in [0.2, 0.25) is 0 Å². The van der Waals surface area contributed by atoms with Crippen molar-refractivity contribution >= 4 is 0 Å². The van der Waals surface area contributed by atoms with E-state index >= 15 is 0 Å². The summed E-state index contributed by atoms with van der Waals surface area (Å²) in [6.45, 7) is 6.22. The van der Waals surface area contributed by atoms with Crippen molar-refractivity contribution in [2.45, 2.75) is 33.2 Å². The van der Waals surface area contributed by atoms with Crippen molar-refractivity contribution < 1.29 is 4.52 Å². The molecule has 0 saturated carbocycles. The largest absolute Gasteiger partial charge is 0.338 e. The van der Waals surface area contributed by atoms with Crippen LogP contribution >= 0.6 is 0 Å². The van der Waals surface area contributed by atoms with E-state index in [4.69, 9.17) is 4.52 Å². The quantitative estimate of drug-likeness (QED) is 0.899. The molecule has 0 fully saturated rings. The topological polar surface area (TPSA) is 51.0 Å². The van der Waals surface area contributed by atoms with Gasteiger partial charge < -0.3 is 9.84 Å². The van der Waals surface area contributed by atoms with E-state index in [1.54, 1.807) is 0 Å². The molecule has 1 aromatic heterocycles. The van der Waals surface area contributed by atoms with Crippen molar-refractivity contribution in [2.24, 2.45) is 0 Å². The van der Waals surface area contributed by atoms with E-state index in [-0.39, 0.29) is 6.04 Å². The maximum absolute atomic E-state index is 5.22. The molecule has 0 radical (unpaired) electrons. The van der Waals surface area contributed by atoms with Crippen LogP contribution in [0.25, 0.3) is 0 Å². The van der Waals surface area contributed by atoms with Crippen LogP contribution in [0, 0.1) is 13.8 Å². The Kier molecular flexibility index (Phi) is 3.77. The van der Waals surface area contributed by atoms with Crippen LogP contribution in [0.1, 0.15) is 41.4 Å². The molecule has 1 N–H and O–H groups in total. The number of nitrogens with one attached hydrogen (secondary N) is 1. The number of hydrogen-bond donors (Lipinski definition) is 1. The zero-order valence-electron chi connectivity index (χ0n) is 11.3. The second kappa shape index (κ2) is 5.31. The van der Waals surface area contributed by atoms with Crippen LogP contribution in [0.3, 0.4) is 0 Å². The van der Waals surface area contributed by atoms with E-state index in [1.807, 2.05) is 14.0 Å². The third-order valence-corrected chi connectivity index (χ3v) is 3.22. The van der Waals surface area contributed by atoms with Crippen molar-refractivity contribution in [3.63, 3.8) is 0 Å². The molecule has 0 saturated heterocycles. The first kappa shape index (κ1) is 12.8. The molecule has 0 amide bonds. The third kappa shape index (κ3) is 2.76. The Hall–Kier alpha value is -1.68. The molecule has 0 aliphatic rings. The Morgan fingerprint density at radius 1 is 1.28 bits per heavy atom. The fourth-order valence-electron chi connectivity index (χ4n) is 1.73. The lowest BCUT2D eigenvalue weighted by atomic mass is 10.0. The molecule has 0 aliphatic heterocycles. The minimum Gasteiger partial charge on any atom is -0.338 e. The van der Waals surface area contributed by atoms with Crippen LogP contribution in [0.15, 0.2) is 22.7 Å². The Morgan fingerprint density at radius 3 is 2.72 bits per heavy atom. The summed E-state index contributed by atoms with van der Waals surface area (Å²) in [5, 5.41) is 7.09. The second-order valence-corrected chi connectivity index (χ2v) is 4.65. The summed E-state index contributed by atoms with van der Waals surface area (Å²) >= 11 is 0. The fourth-order valence-corrected chi connectivity index (χ4v) is 1.73. The maximum atomic E-state index is 5.22. The van der Waals surface area contributed by atoms with E-state index < -0.39 is 0 Å². The molecule has 0 aliphatic carbocycles. The molecule has 1 atom stereocenters. The maximum Gasteiger partial charge on any atom is 0.243 e. The first-order valence-corrected chi connectivity index (χ1v) is 6.16. The van der Waals surface area contributed by atoms with Crippen LogP contribution in [0.4, 0.5) is 0 Å². The zero-order valence-corrected chi connectivity index (χ0v) is 11.3. The molecular weight excluding hydrogens is 226 g/mol. The van der Waals surface area contributed by atoms with Gasteiger partial charge in [0.05, 0.1) is 6.04 Å². The summed E-state index contributed by atoms with van der Waals surface area (Å²) in [5.41, 5.74) is 3.80. The van der Waals surface area contributed by atoms with Gasteiger partial charge in [0, 0.05) is 6.42 Å². The molecular formula is C14H19N3O. The molecule has 1 heterocycles. The van der Waals surface area contributed by atoms with Gasteiger partial charge >= 0.3 is 0 Å². The van der Waals surface area contributed by atoms with Gasteiger partial charge in [-0.15, -0.1) is 0 Å². The molecule has 18 heavy (non-hydrogen) atoms. The minimum atomic E-state index is 0.0889. The van der Waals surface area contributed by atoms with E-state index in [9.17, 15) is 0 Å². The van der Waals surface area contributed by atoms with Crippen molar-refractivity contribution in [3.05, 3.63) is 46.6 Å². The lowest BCUT2D eigenvalue weighted by Gasteiger charge is -2.03. The summed E-state index contributed by atoms with van der Waals surface area (Å²) in [6, 6.07) is 6.50. The van der Waals surface area contributed by atoms with Crippen molar-refractivity contribution in [2.75, 3.05) is 7.05 Å². The summed E-state index contributed by atoms with van der Waals surface area (Å²) in [5.74, 6) is 1.37. The normalized spacial score (nSPS) is 12.7. The van der Waals surface area contributed by atoms with Crippen LogP contribution in [-0.4, -0.2) is 17.2 Å². The van der Waals surface area contributed by atoms with E-state index in [0.29, 0.717) is 12.3 Å². The Balaban J connectivity index is 2.13. The molecule has 1 aromatic carbocycles. The molecule has 96 valence electrons. The smallest absolute Gasteiger partial charge is 0.243 e. The van der Waals surface area contributed by atoms with Gasteiger partial charge in [0.1, 0.15) is 0 Å². The Morgan fingerprint density at radius 2 is 2.06 bits per heavy atom. The monoisotopic (exact) mass is 245 g/mol. The third-order valence-electron chi connectivity index (χ3n) is 3.22. The summed E-state index contributed by atoms with van der Waals surface area (Å²) < 4.78 is 5.22. The highest BCUT2D eigenvalue weighted by Crippen LogP contribution is 2.14. The Labute approximate surface area is 107 Å². The highest BCUT2D eigenvalue weighted by molar-refractivity contribution is 5.31. The molecule has 2 aromatic rings. The van der Waals surface area contributed by atoms with Gasteiger partial charge in [0.2, 0.25) is 5.89 Å². The van der Waals surface area contributed by atoms with Crippen LogP contribution < -0.4 is 5.32 Å². The molecule has 0 spiro atoms. The van der Waals surface area contributed by atoms with Gasteiger partial charge in [0.15, 0.2) is 5.82 Å². The van der Waals surface area contributed by atoms with Crippen LogP contribution in [0.5, 0.6) is 0 Å². The van der Waals surface area contributed by atoms with E-state index in [2.05, 4.69) is 47.5 Å². The number of nitrogens with zero attached hydrogens (tertiary/aromatic N) is 2. The summed E-state index contributed by atoms with van der Waals surface area (Å²) in [6.07, 6.45) is 0.709. The SMILES string of the molecule is CNC(C)c1nc(Cc2ccc(C)c(C)c2)no1. The number of hydrogen-bond acceptors (Lipinski definition) is 4. The molecule has 4 heteroatoms. The van der Waals surface area contributed by atoms with Gasteiger partial charge in [-0.2, -0.15) is 4.98 Å². The summed E-state index contributed by atoms with van der Waals surface area (Å²) in [7, 11) is 1.87. The fraction of sp³-hybridized carbons (Fsp3) is 0.429. The Bertz CT molecular complexity index is 534. The predicted molar refractivity (Wildman–Crippen MR) is 70.5 cm³/mol. The lowest BCUT2D eigenvalue weighted by Crippen LogP contribution is -2.12. The average molecular weight is 245 g/mol. The van der Waals surface area contributed by atoms with Gasteiger partial charge in [-0.25, -0.2) is 0 Å². The standard InChI is InChI=1S/C14H19N3O/c1-9-5-6-12(7-10(9)2)8-13-16-14(18-17-13)11(3)15-4/h5-7,11,15H,8H2,1-4H3. The van der Waals surface area contributed by atoms with Crippen molar-refractivity contribution in [3.8, 4) is 0 Å². The average Bonchev–Trinajstić information content (AvgIpc) is 2.81. The van der Waals surface area contributed by atoms with Gasteiger partial charge in [-0.3, -0.25) is 0 Å². The second-order valence-electron chi connectivity index (χ2n) is 4.65. The first-order chi connectivity index (χ1) is 8.60. The number of rotatable bonds is 4. The molecule has 4 nitrogen and oxygen atoms in total. The first-order valence-electron chi connectivity index (χ1n) is 6.16. The lowest BCUT2D eigenvalue weighted by molar-refractivity contribution is 0.344. The van der Waals surface area contributed by atoms with Gasteiger partial charge in [-0.1, -0.05) is 23.4 Å². The highest BCUT2D eigenvalue weighted by Gasteiger charge is 2.12. The van der Waals surface area contributed by atoms with E-state index in [1.165, 1.54) is 16.7 Å². The number of aromatic nitrogens is 2. The number of aryl methyl sites for hydroxylation is 2. The zero-order chi connectivity index (χ0) is 13.1. The van der Waals surface area contributed by atoms with Crippen molar-refractivity contribution in [1.29, 1.82) is 0 Å². The highest BCUT2D eigenvalue weighted by atomic mass is 16.5. The van der Waals surface area contributed by atoms with Crippen molar-refractivity contribution in [1.82, 2.24) is 15.5 Å². The van der Waals surface area contributed by atoms with E-state index in [0.717, 1.165) is 5.82 Å². The molecule has 0 bridgehead atoms. The summed E-state index contributed by atoms with van der Waals surface area (Å²) in [4.78, 5) is 4.39. The number of benzene rings is 1. The minimum absolute atomic E-state index is 0.0889. The molecule has 1 unspecified atom stereocenters. The van der Waals surface area contributed by atoms with Crippen LogP contribution in [-0.2, 0) is 6.42 Å². The van der Waals surface area contributed by atoms with Gasteiger partial charge in [-0.05, 0) is 44.5 Å². The predicted octanol–water partition coefficient (Wildman–Crippen LogP) is 2.56. The molecule has 2 rings (SSSR count).